The maximum atomic E-state index is 14.3. The van der Waals surface area contributed by atoms with Gasteiger partial charge in [-0.1, -0.05) is 25.0 Å². The average molecular weight is 621 g/mol. The summed E-state index contributed by atoms with van der Waals surface area (Å²) in [6.45, 7) is 9.36. The minimum Gasteiger partial charge on any atom is -0.497 e. The van der Waals surface area contributed by atoms with Crippen LogP contribution in [-0.4, -0.2) is 66.9 Å². The fourth-order valence-electron chi connectivity index (χ4n) is 6.77. The van der Waals surface area contributed by atoms with E-state index in [9.17, 15) is 14.4 Å². The van der Waals surface area contributed by atoms with Crippen LogP contribution in [0.4, 0.5) is 4.79 Å². The summed E-state index contributed by atoms with van der Waals surface area (Å²) >= 11 is 0. The molecular weight excluding hydrogens is 572 g/mol. The summed E-state index contributed by atoms with van der Waals surface area (Å²) in [6, 6.07) is 6.71. The summed E-state index contributed by atoms with van der Waals surface area (Å²) < 4.78 is 23.2. The highest BCUT2D eigenvalue weighted by Gasteiger charge is 2.54. The van der Waals surface area contributed by atoms with Gasteiger partial charge < -0.3 is 29.2 Å². The standard InChI is InChI=1S/C36H48N2O7/c1-7-8-9-10-11-12-29(37-34(41)45-35(2,3)4)32(39)38-22-36(21-30(38)33(40)43-6)18-17-26-27-20-25(42-5)16-15-24(27)19-28(23-13-14-23)31(26)44-36/h7,15-16,19-20,23,29-30H,1,8-14,17-18,21-22H2,2-6H3,(H,37,41)/t29-,30-,36+/m0/s1. The second-order valence-electron chi connectivity index (χ2n) is 13.8. The molecule has 9 nitrogen and oxygen atoms in total. The third-order valence-electron chi connectivity index (χ3n) is 9.15. The number of rotatable bonds is 11. The SMILES string of the molecule is C=CCCCCC[C@H](NC(=O)OC(C)(C)C)C(=O)N1C[C@@]2(CCc3c(c(C4CC4)cc4ccc(OC)cc34)O2)C[C@H]1C(=O)OC. The Labute approximate surface area is 266 Å². The Morgan fingerprint density at radius 2 is 1.93 bits per heavy atom. The summed E-state index contributed by atoms with van der Waals surface area (Å²) in [5, 5.41) is 5.08. The number of unbranched alkanes of at least 4 members (excludes halogenated alkanes) is 3. The van der Waals surface area contributed by atoms with Crippen molar-refractivity contribution in [3.8, 4) is 11.5 Å². The smallest absolute Gasteiger partial charge is 0.408 e. The summed E-state index contributed by atoms with van der Waals surface area (Å²) in [6.07, 6.45) is 9.05. The molecule has 1 saturated heterocycles. The van der Waals surface area contributed by atoms with Gasteiger partial charge in [0.15, 0.2) is 0 Å². The Kier molecular flexibility index (Phi) is 9.65. The molecule has 0 aromatic heterocycles. The Balaban J connectivity index is 1.44. The lowest BCUT2D eigenvalue weighted by atomic mass is 9.85. The second-order valence-corrected chi connectivity index (χ2v) is 13.8. The number of ether oxygens (including phenoxy) is 4. The zero-order chi connectivity index (χ0) is 32.4. The van der Waals surface area contributed by atoms with Crippen molar-refractivity contribution in [1.82, 2.24) is 10.2 Å². The molecule has 3 aliphatic rings. The Morgan fingerprint density at radius 3 is 2.60 bits per heavy atom. The van der Waals surface area contributed by atoms with Crippen molar-refractivity contribution < 1.29 is 33.3 Å². The number of esters is 1. The minimum atomic E-state index is -0.847. The molecule has 0 unspecified atom stereocenters. The first-order valence-corrected chi connectivity index (χ1v) is 16.3. The zero-order valence-corrected chi connectivity index (χ0v) is 27.4. The molecule has 1 spiro atoms. The van der Waals surface area contributed by atoms with E-state index in [2.05, 4.69) is 30.1 Å². The predicted octanol–water partition coefficient (Wildman–Crippen LogP) is 6.59. The van der Waals surface area contributed by atoms with Crippen molar-refractivity contribution in [3.63, 3.8) is 0 Å². The lowest BCUT2D eigenvalue weighted by molar-refractivity contribution is -0.151. The third-order valence-corrected chi connectivity index (χ3v) is 9.15. The third kappa shape index (κ3) is 7.39. The van der Waals surface area contributed by atoms with Gasteiger partial charge in [-0.2, -0.15) is 0 Å². The van der Waals surface area contributed by atoms with E-state index in [0.29, 0.717) is 25.2 Å². The van der Waals surface area contributed by atoms with E-state index in [1.54, 1.807) is 32.8 Å². The van der Waals surface area contributed by atoms with Crippen LogP contribution in [0.25, 0.3) is 10.8 Å². The molecule has 3 atom stereocenters. The number of hydrogen-bond acceptors (Lipinski definition) is 7. The number of alkyl carbamates (subject to hydrolysis) is 1. The van der Waals surface area contributed by atoms with Crippen LogP contribution in [0.1, 0.15) is 95.6 Å². The first-order chi connectivity index (χ1) is 21.5. The number of amides is 2. The van der Waals surface area contributed by atoms with Crippen LogP contribution < -0.4 is 14.8 Å². The number of likely N-dealkylation sites (tertiary alicyclic amines) is 1. The van der Waals surface area contributed by atoms with Crippen LogP contribution in [0.3, 0.4) is 0 Å². The minimum absolute atomic E-state index is 0.230. The van der Waals surface area contributed by atoms with Gasteiger partial charge in [-0.15, -0.1) is 6.58 Å². The summed E-state index contributed by atoms with van der Waals surface area (Å²) in [4.78, 5) is 41.9. The predicted molar refractivity (Wildman–Crippen MR) is 173 cm³/mol. The highest BCUT2D eigenvalue weighted by atomic mass is 16.6. The van der Waals surface area contributed by atoms with Crippen molar-refractivity contribution in [2.24, 2.45) is 0 Å². The summed E-state index contributed by atoms with van der Waals surface area (Å²) in [5.41, 5.74) is 0.885. The molecule has 1 aliphatic carbocycles. The maximum Gasteiger partial charge on any atom is 0.408 e. The molecule has 2 heterocycles. The molecule has 2 amide bonds. The van der Waals surface area contributed by atoms with Gasteiger partial charge in [0, 0.05) is 12.0 Å². The number of nitrogens with zero attached hydrogens (tertiary/aromatic N) is 1. The molecule has 5 rings (SSSR count). The van der Waals surface area contributed by atoms with E-state index < -0.39 is 35.3 Å². The van der Waals surface area contributed by atoms with E-state index in [1.165, 1.54) is 12.7 Å². The van der Waals surface area contributed by atoms with Crippen molar-refractivity contribution in [2.75, 3.05) is 20.8 Å². The molecule has 1 N–H and O–H groups in total. The van der Waals surface area contributed by atoms with E-state index in [1.807, 2.05) is 12.1 Å². The van der Waals surface area contributed by atoms with Crippen LogP contribution in [0.15, 0.2) is 36.9 Å². The molecular formula is C36H48N2O7. The normalized spacial score (nSPS) is 21.5. The summed E-state index contributed by atoms with van der Waals surface area (Å²) in [5.74, 6) is 1.31. The second kappa shape index (κ2) is 13.3. The molecule has 2 fully saturated rings. The number of methoxy groups -OCH3 is 2. The van der Waals surface area contributed by atoms with E-state index in [4.69, 9.17) is 18.9 Å². The lowest BCUT2D eigenvalue weighted by Gasteiger charge is -2.37. The number of carbonyl (C=O) groups excluding carboxylic acids is 3. The monoisotopic (exact) mass is 620 g/mol. The van der Waals surface area contributed by atoms with Crippen LogP contribution in [-0.2, 0) is 25.5 Å². The van der Waals surface area contributed by atoms with Gasteiger partial charge in [0.05, 0.1) is 20.8 Å². The molecule has 1 saturated carbocycles. The van der Waals surface area contributed by atoms with E-state index >= 15 is 0 Å². The maximum absolute atomic E-state index is 14.3. The van der Waals surface area contributed by atoms with Crippen LogP contribution in [0.2, 0.25) is 0 Å². The number of carbonyl (C=O) groups is 3. The number of benzene rings is 2. The molecule has 2 aromatic carbocycles. The fourth-order valence-corrected chi connectivity index (χ4v) is 6.77. The van der Waals surface area contributed by atoms with Crippen LogP contribution >= 0.6 is 0 Å². The van der Waals surface area contributed by atoms with Gasteiger partial charge in [0.25, 0.3) is 0 Å². The quantitative estimate of drug-likeness (QED) is 0.172. The summed E-state index contributed by atoms with van der Waals surface area (Å²) in [7, 11) is 3.01. The molecule has 45 heavy (non-hydrogen) atoms. The topological polar surface area (TPSA) is 103 Å². The Morgan fingerprint density at radius 1 is 1.16 bits per heavy atom. The highest BCUT2D eigenvalue weighted by molar-refractivity contribution is 5.92. The van der Waals surface area contributed by atoms with Gasteiger partial charge >= 0.3 is 12.1 Å². The van der Waals surface area contributed by atoms with Crippen LogP contribution in [0.5, 0.6) is 11.5 Å². The zero-order valence-electron chi connectivity index (χ0n) is 27.4. The Bertz CT molecular complexity index is 1440. The van der Waals surface area contributed by atoms with Gasteiger partial charge in [0.1, 0.15) is 34.8 Å². The number of hydrogen-bond donors (Lipinski definition) is 1. The first-order valence-electron chi connectivity index (χ1n) is 16.3. The van der Waals surface area contributed by atoms with Crippen molar-refractivity contribution in [1.29, 1.82) is 0 Å². The number of aryl methyl sites for hydroxylation is 1. The van der Waals surface area contributed by atoms with Crippen molar-refractivity contribution in [2.45, 2.75) is 114 Å². The van der Waals surface area contributed by atoms with Gasteiger partial charge in [-0.25, -0.2) is 9.59 Å². The molecule has 244 valence electrons. The average Bonchev–Trinajstić information content (AvgIpc) is 3.79. The van der Waals surface area contributed by atoms with Crippen molar-refractivity contribution in [3.05, 3.63) is 48.0 Å². The number of allylic oxidation sites excluding steroid dienone is 1. The molecule has 2 aliphatic heterocycles. The number of fused-ring (bicyclic) bond motifs is 3. The fraction of sp³-hybridized carbons (Fsp3) is 0.583. The molecule has 0 radical (unpaired) electrons. The molecule has 2 aromatic rings. The molecule has 9 heteroatoms. The van der Waals surface area contributed by atoms with Gasteiger partial charge in [-0.3, -0.25) is 4.79 Å². The van der Waals surface area contributed by atoms with E-state index in [0.717, 1.165) is 72.8 Å². The highest BCUT2D eigenvalue weighted by Crippen LogP contribution is 2.52. The van der Waals surface area contributed by atoms with E-state index in [-0.39, 0.29) is 12.5 Å². The number of nitrogens with one attached hydrogen (secondary N) is 1. The van der Waals surface area contributed by atoms with Crippen LogP contribution in [0, 0.1) is 0 Å². The van der Waals surface area contributed by atoms with Crippen molar-refractivity contribution >= 4 is 28.7 Å². The molecule has 0 bridgehead atoms. The largest absolute Gasteiger partial charge is 0.497 e. The van der Waals surface area contributed by atoms with Gasteiger partial charge in [-0.05, 0) is 106 Å². The van der Waals surface area contributed by atoms with Gasteiger partial charge in [0.2, 0.25) is 5.91 Å². The first kappa shape index (κ1) is 32.6. The Hall–Kier alpha value is -3.75. The lowest BCUT2D eigenvalue weighted by Crippen LogP contribution is -2.53.